The molecule has 2 atom stereocenters. The molecule has 11 heteroatoms. The standard InChI is InChI=1S/C33H32BrN5O5/c1-19(36-2)31(41)37-26-18-39(32(42)21-10-8-20(9-11-21)30(35)40)28-7-5-4-6-27(28)38(33(26)43)17-25-24-14-13-23(34)16-22(24)12-15-29(25)44-3/h4-16,19,26,36H,17-18H2,1-3H3,(H2,35,40)(H,37,41)/t19?,26-/m0/s1. The number of fused-ring (bicyclic) bond motifs is 2. The summed E-state index contributed by atoms with van der Waals surface area (Å²) >= 11 is 3.53. The quantitative estimate of drug-likeness (QED) is 0.262. The van der Waals surface area contributed by atoms with Crippen molar-refractivity contribution in [3.05, 3.63) is 100 Å². The number of anilines is 2. The smallest absolute Gasteiger partial charge is 0.258 e. The first kappa shape index (κ1) is 30.7. The number of nitrogens with zero attached hydrogens (tertiary/aromatic N) is 2. The van der Waals surface area contributed by atoms with Crippen LogP contribution < -0.4 is 30.9 Å². The topological polar surface area (TPSA) is 134 Å². The van der Waals surface area contributed by atoms with Crippen molar-refractivity contribution in [3.63, 3.8) is 0 Å². The molecule has 226 valence electrons. The van der Waals surface area contributed by atoms with Gasteiger partial charge in [-0.25, -0.2) is 0 Å². The van der Waals surface area contributed by atoms with Gasteiger partial charge in [0.25, 0.3) is 11.8 Å². The zero-order valence-electron chi connectivity index (χ0n) is 24.5. The van der Waals surface area contributed by atoms with E-state index < -0.39 is 23.9 Å². The normalized spacial score (nSPS) is 15.4. The van der Waals surface area contributed by atoms with Gasteiger partial charge in [-0.15, -0.1) is 0 Å². The molecule has 0 aliphatic carbocycles. The molecule has 4 aromatic rings. The number of primary amides is 1. The number of carbonyl (C=O) groups is 4. The van der Waals surface area contributed by atoms with Crippen LogP contribution >= 0.6 is 15.9 Å². The monoisotopic (exact) mass is 657 g/mol. The number of methoxy groups -OCH3 is 1. The molecule has 4 amide bonds. The van der Waals surface area contributed by atoms with E-state index >= 15 is 0 Å². The minimum absolute atomic E-state index is 0.112. The molecule has 0 fully saturated rings. The van der Waals surface area contributed by atoms with E-state index in [2.05, 4.69) is 26.6 Å². The molecule has 0 radical (unpaired) electrons. The molecule has 0 aromatic heterocycles. The highest BCUT2D eigenvalue weighted by atomic mass is 79.9. The van der Waals surface area contributed by atoms with E-state index in [1.807, 2.05) is 30.3 Å². The summed E-state index contributed by atoms with van der Waals surface area (Å²) in [6.45, 7) is 1.68. The van der Waals surface area contributed by atoms with Crippen LogP contribution in [0.3, 0.4) is 0 Å². The lowest BCUT2D eigenvalue weighted by Crippen LogP contribution is -2.55. The van der Waals surface area contributed by atoms with E-state index in [1.165, 1.54) is 29.2 Å². The van der Waals surface area contributed by atoms with Crippen molar-refractivity contribution in [1.29, 1.82) is 0 Å². The maximum Gasteiger partial charge on any atom is 0.258 e. The van der Waals surface area contributed by atoms with Crippen molar-refractivity contribution in [3.8, 4) is 5.75 Å². The second kappa shape index (κ2) is 12.9. The number of para-hydroxylation sites is 2. The number of ether oxygens (including phenoxy) is 1. The third-order valence-electron chi connectivity index (χ3n) is 7.78. The van der Waals surface area contributed by atoms with Crippen molar-refractivity contribution < 1.29 is 23.9 Å². The summed E-state index contributed by atoms with van der Waals surface area (Å²) in [6.07, 6.45) is 0. The van der Waals surface area contributed by atoms with E-state index in [0.29, 0.717) is 22.7 Å². The second-order valence-electron chi connectivity index (χ2n) is 10.5. The average molecular weight is 659 g/mol. The number of nitrogens with two attached hydrogens (primary N) is 1. The first-order valence-corrected chi connectivity index (χ1v) is 14.8. The van der Waals surface area contributed by atoms with Gasteiger partial charge in [-0.1, -0.05) is 40.2 Å². The van der Waals surface area contributed by atoms with Crippen molar-refractivity contribution in [2.75, 3.05) is 30.5 Å². The molecule has 1 unspecified atom stereocenters. The Bertz CT molecular complexity index is 1760. The molecular weight excluding hydrogens is 626 g/mol. The van der Waals surface area contributed by atoms with Crippen LogP contribution in [-0.2, 0) is 16.1 Å². The first-order chi connectivity index (χ1) is 21.1. The molecule has 10 nitrogen and oxygen atoms in total. The van der Waals surface area contributed by atoms with E-state index in [-0.39, 0.29) is 30.5 Å². The fraction of sp³-hybridized carbons (Fsp3) is 0.212. The van der Waals surface area contributed by atoms with Gasteiger partial charge in [0.15, 0.2) is 0 Å². The molecular formula is C33H32BrN5O5. The van der Waals surface area contributed by atoms with Gasteiger partial charge in [-0.3, -0.25) is 19.2 Å². The van der Waals surface area contributed by atoms with Crippen molar-refractivity contribution in [2.45, 2.75) is 25.6 Å². The van der Waals surface area contributed by atoms with E-state index in [9.17, 15) is 19.2 Å². The van der Waals surface area contributed by atoms with E-state index in [0.717, 1.165) is 20.8 Å². The zero-order chi connectivity index (χ0) is 31.5. The Kier molecular flexibility index (Phi) is 8.98. The summed E-state index contributed by atoms with van der Waals surface area (Å²) in [7, 11) is 3.23. The fourth-order valence-electron chi connectivity index (χ4n) is 5.27. The highest BCUT2D eigenvalue weighted by Crippen LogP contribution is 2.38. The number of rotatable bonds is 8. The van der Waals surface area contributed by atoms with Crippen molar-refractivity contribution in [2.24, 2.45) is 5.73 Å². The third kappa shape index (κ3) is 6.01. The molecule has 4 N–H and O–H groups in total. The molecule has 1 aliphatic heterocycles. The van der Waals surface area contributed by atoms with Crippen LogP contribution in [0.5, 0.6) is 5.75 Å². The van der Waals surface area contributed by atoms with E-state index in [1.54, 1.807) is 50.2 Å². The summed E-state index contributed by atoms with van der Waals surface area (Å²) in [6, 6.07) is 21.2. The molecule has 5 rings (SSSR count). The van der Waals surface area contributed by atoms with Crippen LogP contribution in [0.15, 0.2) is 83.3 Å². The van der Waals surface area contributed by atoms with Gasteiger partial charge in [0.2, 0.25) is 11.8 Å². The first-order valence-electron chi connectivity index (χ1n) is 14.0. The van der Waals surface area contributed by atoms with Crippen molar-refractivity contribution >= 4 is 61.7 Å². The summed E-state index contributed by atoms with van der Waals surface area (Å²) in [5.74, 6) is -1.19. The maximum atomic E-state index is 14.4. The highest BCUT2D eigenvalue weighted by molar-refractivity contribution is 9.10. The predicted molar refractivity (Wildman–Crippen MR) is 173 cm³/mol. The van der Waals surface area contributed by atoms with E-state index in [4.69, 9.17) is 10.5 Å². The number of halogens is 1. The fourth-order valence-corrected chi connectivity index (χ4v) is 5.65. The SMILES string of the molecule is CNC(C)C(=O)N[C@H]1CN(C(=O)c2ccc(C(N)=O)cc2)c2ccccc2N(Cc2c(OC)ccc3cc(Br)ccc23)C1=O. The lowest BCUT2D eigenvalue weighted by molar-refractivity contribution is -0.128. The highest BCUT2D eigenvalue weighted by Gasteiger charge is 2.38. The van der Waals surface area contributed by atoms with Crippen LogP contribution in [0.2, 0.25) is 0 Å². The van der Waals surface area contributed by atoms with Gasteiger partial charge in [0.1, 0.15) is 11.8 Å². The predicted octanol–water partition coefficient (Wildman–Crippen LogP) is 4.00. The Morgan fingerprint density at radius 2 is 1.68 bits per heavy atom. The van der Waals surface area contributed by atoms with Crippen LogP contribution in [-0.4, -0.2) is 56.4 Å². The summed E-state index contributed by atoms with van der Waals surface area (Å²) in [4.78, 5) is 56.2. The van der Waals surface area contributed by atoms with Gasteiger partial charge in [-0.2, -0.15) is 0 Å². The number of amides is 4. The third-order valence-corrected chi connectivity index (χ3v) is 8.28. The lowest BCUT2D eigenvalue weighted by atomic mass is 10.0. The van der Waals surface area contributed by atoms with Crippen molar-refractivity contribution in [1.82, 2.24) is 10.6 Å². The van der Waals surface area contributed by atoms with Crippen LogP contribution in [0.4, 0.5) is 11.4 Å². The largest absolute Gasteiger partial charge is 0.496 e. The number of hydrogen-bond acceptors (Lipinski definition) is 6. The average Bonchev–Trinajstić information content (AvgIpc) is 3.14. The van der Waals surface area contributed by atoms with Crippen LogP contribution in [0, 0.1) is 0 Å². The number of hydrogen-bond donors (Lipinski definition) is 3. The molecule has 0 saturated carbocycles. The Labute approximate surface area is 263 Å². The molecule has 4 aromatic carbocycles. The lowest BCUT2D eigenvalue weighted by Gasteiger charge is -2.27. The summed E-state index contributed by atoms with van der Waals surface area (Å²) in [5.41, 5.74) is 7.71. The number of benzene rings is 4. The molecule has 0 spiro atoms. The number of carbonyl (C=O) groups excluding carboxylic acids is 4. The molecule has 1 heterocycles. The molecule has 0 saturated heterocycles. The Hall–Kier alpha value is -4.74. The second-order valence-corrected chi connectivity index (χ2v) is 11.4. The minimum atomic E-state index is -1.07. The molecule has 1 aliphatic rings. The van der Waals surface area contributed by atoms with Gasteiger partial charge in [0.05, 0.1) is 37.6 Å². The van der Waals surface area contributed by atoms with Crippen LogP contribution in [0.25, 0.3) is 10.8 Å². The maximum absolute atomic E-state index is 14.4. The minimum Gasteiger partial charge on any atom is -0.496 e. The van der Waals surface area contributed by atoms with Gasteiger partial charge in [-0.05, 0) is 79.3 Å². The Morgan fingerprint density at radius 1 is 1.00 bits per heavy atom. The summed E-state index contributed by atoms with van der Waals surface area (Å²) < 4.78 is 6.65. The van der Waals surface area contributed by atoms with Gasteiger partial charge >= 0.3 is 0 Å². The van der Waals surface area contributed by atoms with Gasteiger partial charge in [0, 0.05) is 21.2 Å². The van der Waals surface area contributed by atoms with Crippen LogP contribution in [0.1, 0.15) is 33.2 Å². The molecule has 44 heavy (non-hydrogen) atoms. The Morgan fingerprint density at radius 3 is 2.34 bits per heavy atom. The zero-order valence-corrected chi connectivity index (χ0v) is 26.1. The molecule has 0 bridgehead atoms. The van der Waals surface area contributed by atoms with Gasteiger partial charge < -0.3 is 30.9 Å². The summed E-state index contributed by atoms with van der Waals surface area (Å²) in [5, 5.41) is 7.60. The number of likely N-dealkylation sites (N-methyl/N-ethyl adjacent to an activating group) is 1. The number of nitrogens with one attached hydrogen (secondary N) is 2. The Balaban J connectivity index is 1.64.